The number of nitrogens with zero attached hydrogens (tertiary/aromatic N) is 2. The molecule has 128 valence electrons. The average molecular weight is 346 g/mol. The number of imidazole rings is 1. The first-order valence-corrected chi connectivity index (χ1v) is 9.40. The van der Waals surface area contributed by atoms with Crippen LogP contribution in [-0.2, 0) is 30.0 Å². The van der Waals surface area contributed by atoms with E-state index in [0.29, 0.717) is 5.82 Å². The number of benzene rings is 1. The molecule has 24 heavy (non-hydrogen) atoms. The van der Waals surface area contributed by atoms with E-state index in [1.807, 2.05) is 18.2 Å². The number of rotatable bonds is 5. The Kier molecular flexibility index (Phi) is 4.23. The van der Waals surface area contributed by atoms with Gasteiger partial charge < -0.3 is 9.55 Å². The lowest BCUT2D eigenvalue weighted by molar-refractivity contribution is 0.578. The van der Waals surface area contributed by atoms with Crippen LogP contribution in [-0.4, -0.2) is 23.0 Å². The Balaban J connectivity index is 1.83. The van der Waals surface area contributed by atoms with Gasteiger partial charge in [-0.15, -0.1) is 0 Å². The van der Waals surface area contributed by atoms with Crippen molar-refractivity contribution in [3.63, 3.8) is 0 Å². The van der Waals surface area contributed by atoms with Gasteiger partial charge in [-0.2, -0.15) is 0 Å². The van der Waals surface area contributed by atoms with Gasteiger partial charge in [0.2, 0.25) is 0 Å². The van der Waals surface area contributed by atoms with Crippen LogP contribution in [0.25, 0.3) is 10.9 Å². The summed E-state index contributed by atoms with van der Waals surface area (Å²) in [5.74, 6) is 0.659. The minimum Gasteiger partial charge on any atom is -0.358 e. The van der Waals surface area contributed by atoms with Gasteiger partial charge in [0.1, 0.15) is 5.82 Å². The van der Waals surface area contributed by atoms with E-state index in [1.54, 1.807) is 18.5 Å². The maximum Gasteiger partial charge on any atom is 0.259 e. The van der Waals surface area contributed by atoms with Crippen molar-refractivity contribution < 1.29 is 8.42 Å². The minimum atomic E-state index is -3.61. The van der Waals surface area contributed by atoms with Gasteiger partial charge in [-0.25, -0.2) is 18.1 Å². The number of sulfonamides is 1. The molecule has 0 unspecified atom stereocenters. The van der Waals surface area contributed by atoms with E-state index in [4.69, 9.17) is 0 Å². The molecule has 2 aromatic heterocycles. The van der Waals surface area contributed by atoms with Gasteiger partial charge in [0.15, 0.2) is 5.03 Å². The van der Waals surface area contributed by atoms with Crippen LogP contribution in [0.4, 0.5) is 0 Å². The Morgan fingerprint density at radius 3 is 2.67 bits per heavy atom. The summed E-state index contributed by atoms with van der Waals surface area (Å²) >= 11 is 0. The Bertz CT molecular complexity index is 980. The van der Waals surface area contributed by atoms with Crippen molar-refractivity contribution in [3.8, 4) is 0 Å². The van der Waals surface area contributed by atoms with Crippen LogP contribution in [0.3, 0.4) is 0 Å². The summed E-state index contributed by atoms with van der Waals surface area (Å²) in [5, 5.41) is 1.19. The summed E-state index contributed by atoms with van der Waals surface area (Å²) in [4.78, 5) is 7.48. The number of fused-ring (bicyclic) bond motifs is 1. The van der Waals surface area contributed by atoms with Crippen molar-refractivity contribution in [2.24, 2.45) is 7.05 Å². The van der Waals surface area contributed by atoms with Crippen LogP contribution in [0.1, 0.15) is 29.6 Å². The number of aromatic amines is 1. The van der Waals surface area contributed by atoms with Crippen LogP contribution in [0.2, 0.25) is 0 Å². The van der Waals surface area contributed by atoms with Crippen LogP contribution in [0, 0.1) is 13.8 Å². The lowest BCUT2D eigenvalue weighted by atomic mass is 10.1. The highest BCUT2D eigenvalue weighted by atomic mass is 32.2. The van der Waals surface area contributed by atoms with Crippen LogP contribution in [0.15, 0.2) is 29.4 Å². The molecule has 0 aliphatic rings. The van der Waals surface area contributed by atoms with Crippen molar-refractivity contribution in [2.45, 2.75) is 38.8 Å². The van der Waals surface area contributed by atoms with Crippen molar-refractivity contribution >= 4 is 20.9 Å². The summed E-state index contributed by atoms with van der Waals surface area (Å²) < 4.78 is 29.0. The summed E-state index contributed by atoms with van der Waals surface area (Å²) in [6, 6.07) is 5.96. The van der Waals surface area contributed by atoms with Gasteiger partial charge >= 0.3 is 0 Å². The van der Waals surface area contributed by atoms with Gasteiger partial charge in [-0.1, -0.05) is 13.0 Å². The maximum atomic E-state index is 12.4. The maximum absolute atomic E-state index is 12.4. The van der Waals surface area contributed by atoms with E-state index in [2.05, 4.69) is 28.5 Å². The van der Waals surface area contributed by atoms with Gasteiger partial charge in [-0.3, -0.25) is 0 Å². The van der Waals surface area contributed by atoms with E-state index >= 15 is 0 Å². The molecule has 0 saturated heterocycles. The van der Waals surface area contributed by atoms with E-state index < -0.39 is 10.0 Å². The molecule has 0 fully saturated rings. The molecule has 0 spiro atoms. The predicted octanol–water partition coefficient (Wildman–Crippen LogP) is 2.56. The fourth-order valence-corrected chi connectivity index (χ4v) is 3.85. The first-order chi connectivity index (χ1) is 11.3. The number of hydrogen-bond donors (Lipinski definition) is 2. The topological polar surface area (TPSA) is 79.8 Å². The highest BCUT2D eigenvalue weighted by Crippen LogP contribution is 2.23. The van der Waals surface area contributed by atoms with E-state index in [9.17, 15) is 8.42 Å². The number of H-pyrrole nitrogens is 1. The molecular weight excluding hydrogens is 324 g/mol. The van der Waals surface area contributed by atoms with E-state index in [-0.39, 0.29) is 11.6 Å². The van der Waals surface area contributed by atoms with Crippen molar-refractivity contribution in [2.75, 3.05) is 0 Å². The number of aryl methyl sites for hydroxylation is 4. The molecular formula is C17H22N4O2S. The third-order valence-corrected chi connectivity index (χ3v) is 5.68. The molecule has 3 rings (SSSR count). The van der Waals surface area contributed by atoms with Gasteiger partial charge in [0.05, 0.1) is 0 Å². The van der Waals surface area contributed by atoms with E-state index in [1.165, 1.54) is 17.5 Å². The van der Waals surface area contributed by atoms with Crippen molar-refractivity contribution in [1.82, 2.24) is 19.3 Å². The molecule has 0 atom stereocenters. The molecule has 2 N–H and O–H groups in total. The Morgan fingerprint density at radius 1 is 1.29 bits per heavy atom. The number of aromatic nitrogens is 3. The highest BCUT2D eigenvalue weighted by Gasteiger charge is 2.18. The molecule has 0 aliphatic carbocycles. The summed E-state index contributed by atoms with van der Waals surface area (Å²) in [6.07, 6.45) is 2.46. The fraction of sp³-hybridized carbons (Fsp3) is 0.353. The zero-order valence-corrected chi connectivity index (χ0v) is 15.2. The SMILES string of the molecule is CCc1[nH]c2ccc(CNS(=O)(=O)c3cn(C)c(C)n3)cc2c1C. The second-order valence-corrected chi connectivity index (χ2v) is 7.74. The molecule has 0 bridgehead atoms. The Hall–Kier alpha value is -2.12. The lowest BCUT2D eigenvalue weighted by Gasteiger charge is -2.05. The average Bonchev–Trinajstić information content (AvgIpc) is 3.06. The normalized spacial score (nSPS) is 12.2. The minimum absolute atomic E-state index is 0.0506. The second kappa shape index (κ2) is 6.07. The first kappa shape index (κ1) is 16.7. The molecule has 3 aromatic rings. The fourth-order valence-electron chi connectivity index (χ4n) is 2.80. The predicted molar refractivity (Wildman–Crippen MR) is 94.4 cm³/mol. The largest absolute Gasteiger partial charge is 0.358 e. The Labute approximate surface area is 142 Å². The van der Waals surface area contributed by atoms with Gasteiger partial charge in [0, 0.05) is 36.4 Å². The van der Waals surface area contributed by atoms with Crippen molar-refractivity contribution in [1.29, 1.82) is 0 Å². The lowest BCUT2D eigenvalue weighted by Crippen LogP contribution is -2.23. The van der Waals surface area contributed by atoms with Crippen LogP contribution in [0.5, 0.6) is 0 Å². The smallest absolute Gasteiger partial charge is 0.259 e. The first-order valence-electron chi connectivity index (χ1n) is 7.91. The van der Waals surface area contributed by atoms with Crippen LogP contribution >= 0.6 is 0 Å². The molecule has 6 nitrogen and oxygen atoms in total. The zero-order valence-electron chi connectivity index (χ0n) is 14.3. The molecule has 0 radical (unpaired) electrons. The van der Waals surface area contributed by atoms with E-state index in [0.717, 1.165) is 22.9 Å². The molecule has 1 aromatic carbocycles. The molecule has 0 saturated carbocycles. The Morgan fingerprint density at radius 2 is 2.04 bits per heavy atom. The summed E-state index contributed by atoms with van der Waals surface area (Å²) in [7, 11) is -1.84. The third-order valence-electron chi connectivity index (χ3n) is 4.41. The quantitative estimate of drug-likeness (QED) is 0.745. The third kappa shape index (κ3) is 2.97. The molecule has 2 heterocycles. The van der Waals surface area contributed by atoms with Crippen molar-refractivity contribution in [3.05, 3.63) is 47.0 Å². The van der Waals surface area contributed by atoms with Crippen LogP contribution < -0.4 is 4.72 Å². The van der Waals surface area contributed by atoms with Gasteiger partial charge in [-0.05, 0) is 43.5 Å². The molecule has 0 amide bonds. The summed E-state index contributed by atoms with van der Waals surface area (Å²) in [6.45, 7) is 6.21. The zero-order chi connectivity index (χ0) is 17.5. The van der Waals surface area contributed by atoms with Gasteiger partial charge in [0.25, 0.3) is 10.0 Å². The number of nitrogens with one attached hydrogen (secondary N) is 2. The molecule has 7 heteroatoms. The highest BCUT2D eigenvalue weighted by molar-refractivity contribution is 7.89. The number of hydrogen-bond acceptors (Lipinski definition) is 3. The summed E-state index contributed by atoms with van der Waals surface area (Å²) in [5.41, 5.74) is 4.43. The monoisotopic (exact) mass is 346 g/mol. The molecule has 0 aliphatic heterocycles. The standard InChI is InChI=1S/C17H22N4O2S/c1-5-15-11(2)14-8-13(6-7-16(14)20-15)9-18-24(22,23)17-10-21(4)12(3)19-17/h6-8,10,18,20H,5,9H2,1-4H3. The second-order valence-electron chi connectivity index (χ2n) is 6.02.